The van der Waals surface area contributed by atoms with E-state index in [-0.39, 0.29) is 11.6 Å². The Kier molecular flexibility index (Phi) is 5.09. The molecule has 2 heterocycles. The molecule has 0 spiro atoms. The van der Waals surface area contributed by atoms with Crippen LogP contribution in [0.5, 0.6) is 5.75 Å². The number of aryl methyl sites for hydroxylation is 1. The third kappa shape index (κ3) is 4.56. The summed E-state index contributed by atoms with van der Waals surface area (Å²) < 4.78 is 11.5. The van der Waals surface area contributed by atoms with Crippen molar-refractivity contribution in [3.8, 4) is 16.9 Å². The fourth-order valence-electron chi connectivity index (χ4n) is 2.88. The van der Waals surface area contributed by atoms with Crippen LogP contribution in [0.25, 0.3) is 11.1 Å². The second kappa shape index (κ2) is 7.18. The Morgan fingerprint density at radius 3 is 2.52 bits per heavy atom. The van der Waals surface area contributed by atoms with E-state index in [4.69, 9.17) is 9.47 Å². The lowest BCUT2D eigenvalue weighted by atomic mass is 10.1. The molecule has 1 aliphatic rings. The molecule has 0 bridgehead atoms. The van der Waals surface area contributed by atoms with Gasteiger partial charge in [-0.15, -0.1) is 0 Å². The van der Waals surface area contributed by atoms with Crippen molar-refractivity contribution in [1.29, 1.82) is 0 Å². The van der Waals surface area contributed by atoms with Gasteiger partial charge in [0, 0.05) is 30.7 Å². The first kappa shape index (κ1) is 19.1. The van der Waals surface area contributed by atoms with Crippen LogP contribution in [0.2, 0.25) is 0 Å². The maximum atomic E-state index is 12.4. The molecule has 0 N–H and O–H groups in total. The van der Waals surface area contributed by atoms with E-state index in [1.165, 1.54) is 0 Å². The monoisotopic (exact) mass is 369 g/mol. The van der Waals surface area contributed by atoms with E-state index in [1.54, 1.807) is 30.5 Å². The van der Waals surface area contributed by atoms with Gasteiger partial charge < -0.3 is 14.4 Å². The topological polar surface area (TPSA) is 64.5 Å². The summed E-state index contributed by atoms with van der Waals surface area (Å²) in [7, 11) is 1.78. The van der Waals surface area contributed by atoms with Crippen LogP contribution in [0.15, 0.2) is 36.8 Å². The van der Waals surface area contributed by atoms with Gasteiger partial charge in [0.25, 0.3) is 0 Å². The highest BCUT2D eigenvalue weighted by Gasteiger charge is 2.50. The van der Waals surface area contributed by atoms with Crippen LogP contribution in [0, 0.1) is 6.92 Å². The zero-order valence-corrected chi connectivity index (χ0v) is 16.7. The summed E-state index contributed by atoms with van der Waals surface area (Å²) in [5.74, 6) is 0.691. The van der Waals surface area contributed by atoms with E-state index in [0.29, 0.717) is 12.4 Å². The summed E-state index contributed by atoms with van der Waals surface area (Å²) in [4.78, 5) is 22.6. The molecule has 0 atom stereocenters. The minimum absolute atomic E-state index is 0.302. The number of ether oxygens (including phenoxy) is 2. The number of hydrogen-bond donors (Lipinski definition) is 0. The lowest BCUT2D eigenvalue weighted by Gasteiger charge is -2.30. The second-order valence-corrected chi connectivity index (χ2v) is 8.09. The SMILES string of the molecule is Cc1ncc(OCC2(N(C)C(=O)OC(C)(C)C)CC2)cc1-c1ccncc1. The number of pyridine rings is 2. The number of carbonyl (C=O) groups excluding carboxylic acids is 1. The lowest BCUT2D eigenvalue weighted by molar-refractivity contribution is 0.0139. The molecule has 0 aromatic carbocycles. The number of rotatable bonds is 5. The predicted molar refractivity (Wildman–Crippen MR) is 104 cm³/mol. The van der Waals surface area contributed by atoms with Crippen molar-refractivity contribution in [2.75, 3.05) is 13.7 Å². The molecule has 2 aromatic rings. The third-order valence-corrected chi connectivity index (χ3v) is 4.77. The van der Waals surface area contributed by atoms with Crippen molar-refractivity contribution in [2.45, 2.75) is 51.7 Å². The van der Waals surface area contributed by atoms with Crippen LogP contribution in [-0.2, 0) is 4.74 Å². The number of hydrogen-bond acceptors (Lipinski definition) is 5. The Morgan fingerprint density at radius 2 is 1.93 bits per heavy atom. The molecule has 2 aromatic heterocycles. The zero-order chi connectivity index (χ0) is 19.7. The smallest absolute Gasteiger partial charge is 0.410 e. The molecular weight excluding hydrogens is 342 g/mol. The standard InChI is InChI=1S/C21H27N3O3/c1-15-18(16-6-10-22-11-7-16)12-17(13-23-15)26-14-21(8-9-21)24(5)19(25)27-20(2,3)4/h6-7,10-13H,8-9,14H2,1-5H3. The van der Waals surface area contributed by atoms with Crippen molar-refractivity contribution in [3.63, 3.8) is 0 Å². The van der Waals surface area contributed by atoms with Crippen molar-refractivity contribution in [1.82, 2.24) is 14.9 Å². The van der Waals surface area contributed by atoms with Gasteiger partial charge >= 0.3 is 6.09 Å². The Morgan fingerprint density at radius 1 is 1.26 bits per heavy atom. The number of likely N-dealkylation sites (N-methyl/N-ethyl adjacent to an activating group) is 1. The molecule has 144 valence electrons. The molecule has 6 nitrogen and oxygen atoms in total. The number of aromatic nitrogens is 2. The van der Waals surface area contributed by atoms with E-state index in [0.717, 1.165) is 29.7 Å². The zero-order valence-electron chi connectivity index (χ0n) is 16.7. The first-order valence-corrected chi connectivity index (χ1v) is 9.17. The fourth-order valence-corrected chi connectivity index (χ4v) is 2.88. The minimum atomic E-state index is -0.511. The molecule has 1 amide bonds. The summed E-state index contributed by atoms with van der Waals surface area (Å²) in [5, 5.41) is 0. The van der Waals surface area contributed by atoms with Gasteiger partial charge in [-0.1, -0.05) is 0 Å². The molecule has 0 unspecified atom stereocenters. The molecule has 1 aliphatic carbocycles. The van der Waals surface area contributed by atoms with Crippen molar-refractivity contribution >= 4 is 6.09 Å². The van der Waals surface area contributed by atoms with E-state index in [1.807, 2.05) is 45.9 Å². The van der Waals surface area contributed by atoms with Gasteiger partial charge in [-0.3, -0.25) is 9.97 Å². The van der Waals surface area contributed by atoms with Gasteiger partial charge in [-0.2, -0.15) is 0 Å². The Balaban J connectivity index is 1.69. The summed E-state index contributed by atoms with van der Waals surface area (Å²) in [5.41, 5.74) is 2.18. The number of amides is 1. The van der Waals surface area contributed by atoms with E-state index in [2.05, 4.69) is 9.97 Å². The van der Waals surface area contributed by atoms with Gasteiger partial charge in [0.2, 0.25) is 0 Å². The second-order valence-electron chi connectivity index (χ2n) is 8.09. The van der Waals surface area contributed by atoms with Gasteiger partial charge in [0.1, 0.15) is 18.0 Å². The normalized spacial score (nSPS) is 15.1. The quantitative estimate of drug-likeness (QED) is 0.789. The van der Waals surface area contributed by atoms with Gasteiger partial charge in [-0.05, 0) is 64.3 Å². The average molecular weight is 369 g/mol. The highest BCUT2D eigenvalue weighted by molar-refractivity contribution is 5.69. The number of carbonyl (C=O) groups is 1. The van der Waals surface area contributed by atoms with Crippen molar-refractivity contribution in [3.05, 3.63) is 42.5 Å². The Hall–Kier alpha value is -2.63. The van der Waals surface area contributed by atoms with E-state index in [9.17, 15) is 4.79 Å². The molecule has 0 radical (unpaired) electrons. The maximum Gasteiger partial charge on any atom is 0.410 e. The maximum absolute atomic E-state index is 12.4. The molecule has 0 saturated heterocycles. The van der Waals surface area contributed by atoms with Crippen LogP contribution in [0.3, 0.4) is 0 Å². The molecular formula is C21H27N3O3. The molecule has 1 saturated carbocycles. The van der Waals surface area contributed by atoms with Gasteiger partial charge in [-0.25, -0.2) is 4.79 Å². The summed E-state index contributed by atoms with van der Waals surface area (Å²) in [6.45, 7) is 8.00. The average Bonchev–Trinajstić information content (AvgIpc) is 3.41. The minimum Gasteiger partial charge on any atom is -0.490 e. The summed E-state index contributed by atoms with van der Waals surface area (Å²) in [6.07, 6.45) is 6.74. The summed E-state index contributed by atoms with van der Waals surface area (Å²) >= 11 is 0. The van der Waals surface area contributed by atoms with Crippen LogP contribution in [0.4, 0.5) is 4.79 Å². The lowest BCUT2D eigenvalue weighted by Crippen LogP contribution is -2.45. The molecule has 6 heteroatoms. The third-order valence-electron chi connectivity index (χ3n) is 4.77. The highest BCUT2D eigenvalue weighted by atomic mass is 16.6. The number of nitrogens with zero attached hydrogens (tertiary/aromatic N) is 3. The largest absolute Gasteiger partial charge is 0.490 e. The highest BCUT2D eigenvalue weighted by Crippen LogP contribution is 2.42. The van der Waals surface area contributed by atoms with Crippen molar-refractivity contribution in [2.24, 2.45) is 0 Å². The van der Waals surface area contributed by atoms with Gasteiger partial charge in [0.15, 0.2) is 0 Å². The van der Waals surface area contributed by atoms with Gasteiger partial charge in [0.05, 0.1) is 11.7 Å². The Bertz CT molecular complexity index is 811. The molecule has 27 heavy (non-hydrogen) atoms. The van der Waals surface area contributed by atoms with E-state index < -0.39 is 5.60 Å². The molecule has 0 aliphatic heterocycles. The van der Waals surface area contributed by atoms with Crippen LogP contribution in [-0.4, -0.2) is 45.8 Å². The van der Waals surface area contributed by atoms with Crippen LogP contribution >= 0.6 is 0 Å². The van der Waals surface area contributed by atoms with Crippen LogP contribution in [0.1, 0.15) is 39.3 Å². The first-order valence-electron chi connectivity index (χ1n) is 9.17. The fraction of sp³-hybridized carbons (Fsp3) is 0.476. The molecule has 3 rings (SSSR count). The summed E-state index contributed by atoms with van der Waals surface area (Å²) in [6, 6.07) is 5.89. The Labute approximate surface area is 160 Å². The van der Waals surface area contributed by atoms with Crippen LogP contribution < -0.4 is 4.74 Å². The van der Waals surface area contributed by atoms with Crippen molar-refractivity contribution < 1.29 is 14.3 Å². The molecule has 1 fully saturated rings. The predicted octanol–water partition coefficient (Wildman–Crippen LogP) is 4.23. The van der Waals surface area contributed by atoms with E-state index >= 15 is 0 Å². The first-order chi connectivity index (χ1) is 12.7.